The molecule has 0 unspecified atom stereocenters. The van der Waals surface area contributed by atoms with Gasteiger partial charge in [0.15, 0.2) is 0 Å². The van der Waals surface area contributed by atoms with Gasteiger partial charge in [-0.1, -0.05) is 11.8 Å². The third kappa shape index (κ3) is 6.65. The number of nitrogens with one attached hydrogen (secondary N) is 2. The average molecular weight is 312 g/mol. The second kappa shape index (κ2) is 8.14. The lowest BCUT2D eigenvalue weighted by Crippen LogP contribution is -2.35. The van der Waals surface area contributed by atoms with E-state index in [4.69, 9.17) is 5.11 Å². The summed E-state index contributed by atoms with van der Waals surface area (Å²) in [6.45, 7) is 1.63. The maximum absolute atomic E-state index is 11.6. The van der Waals surface area contributed by atoms with E-state index in [2.05, 4.69) is 21.3 Å². The van der Waals surface area contributed by atoms with E-state index in [0.29, 0.717) is 12.0 Å². The van der Waals surface area contributed by atoms with Crippen LogP contribution in [0.25, 0.3) is 0 Å². The number of ether oxygens (including phenoxy) is 1. The van der Waals surface area contributed by atoms with Gasteiger partial charge in [-0.25, -0.2) is 9.52 Å². The molecule has 3 N–H and O–H groups in total. The molecular formula is C13H16N2O5S. The molecule has 1 aromatic rings. The highest BCUT2D eigenvalue weighted by molar-refractivity contribution is 7.91. The first-order valence-electron chi connectivity index (χ1n) is 6.14. The van der Waals surface area contributed by atoms with Crippen molar-refractivity contribution in [3.8, 4) is 11.8 Å². The minimum Gasteiger partial charge on any atom is -0.449 e. The Morgan fingerprint density at radius 2 is 2.00 bits per heavy atom. The zero-order valence-electron chi connectivity index (χ0n) is 11.4. The Bertz CT molecular complexity index is 629. The van der Waals surface area contributed by atoms with Gasteiger partial charge in [-0.2, -0.15) is 8.42 Å². The zero-order chi connectivity index (χ0) is 15.7. The molecule has 0 radical (unpaired) electrons. The van der Waals surface area contributed by atoms with Crippen molar-refractivity contribution in [3.05, 3.63) is 29.8 Å². The monoisotopic (exact) mass is 312 g/mol. The maximum atomic E-state index is 11.6. The van der Waals surface area contributed by atoms with Gasteiger partial charge < -0.3 is 9.84 Å². The van der Waals surface area contributed by atoms with Crippen molar-refractivity contribution in [3.63, 3.8) is 0 Å². The first kappa shape index (κ1) is 16.8. The van der Waals surface area contributed by atoms with E-state index >= 15 is 0 Å². The van der Waals surface area contributed by atoms with Gasteiger partial charge in [-0.15, -0.1) is 0 Å². The molecule has 0 atom stereocenters. The summed E-state index contributed by atoms with van der Waals surface area (Å²) >= 11 is 0. The SMILES string of the molecule is CCOC(=O)NS(=O)(=O)Nc1ccc(C#CCCO)cc1. The van der Waals surface area contributed by atoms with Gasteiger partial charge in [-0.3, -0.25) is 4.72 Å². The Balaban J connectivity index is 2.67. The van der Waals surface area contributed by atoms with Gasteiger partial charge in [-0.05, 0) is 31.2 Å². The summed E-state index contributed by atoms with van der Waals surface area (Å²) in [5.41, 5.74) is 0.962. The molecule has 0 heterocycles. The van der Waals surface area contributed by atoms with Gasteiger partial charge in [0.2, 0.25) is 0 Å². The number of hydrogen-bond donors (Lipinski definition) is 3. The van der Waals surface area contributed by atoms with Crippen LogP contribution in [0, 0.1) is 11.8 Å². The number of carbonyl (C=O) groups is 1. The number of aliphatic hydroxyl groups excluding tert-OH is 1. The fourth-order valence-electron chi connectivity index (χ4n) is 1.29. The van der Waals surface area contributed by atoms with Crippen molar-refractivity contribution in [2.75, 3.05) is 17.9 Å². The molecule has 0 aliphatic rings. The van der Waals surface area contributed by atoms with Crippen molar-refractivity contribution in [2.45, 2.75) is 13.3 Å². The van der Waals surface area contributed by atoms with Gasteiger partial charge >= 0.3 is 16.3 Å². The molecule has 0 saturated carbocycles. The Labute approximate surface area is 123 Å². The largest absolute Gasteiger partial charge is 0.449 e. The molecule has 0 bridgehead atoms. The highest BCUT2D eigenvalue weighted by Gasteiger charge is 2.14. The van der Waals surface area contributed by atoms with Crippen molar-refractivity contribution < 1.29 is 23.1 Å². The van der Waals surface area contributed by atoms with Gasteiger partial charge in [0.25, 0.3) is 0 Å². The highest BCUT2D eigenvalue weighted by Crippen LogP contribution is 2.10. The number of rotatable bonds is 5. The number of carbonyl (C=O) groups excluding carboxylic acids is 1. The van der Waals surface area contributed by atoms with Crippen LogP contribution in [0.4, 0.5) is 10.5 Å². The van der Waals surface area contributed by atoms with Crippen molar-refractivity contribution in [1.82, 2.24) is 4.72 Å². The summed E-state index contributed by atoms with van der Waals surface area (Å²) in [5, 5.41) is 8.60. The Morgan fingerprint density at radius 1 is 1.33 bits per heavy atom. The first-order chi connectivity index (χ1) is 9.96. The molecule has 1 aromatic carbocycles. The number of benzene rings is 1. The van der Waals surface area contributed by atoms with Crippen LogP contribution in [-0.2, 0) is 14.9 Å². The maximum Gasteiger partial charge on any atom is 0.422 e. The van der Waals surface area contributed by atoms with Crippen LogP contribution in [-0.4, -0.2) is 32.8 Å². The minimum absolute atomic E-state index is 0.00951. The summed E-state index contributed by atoms with van der Waals surface area (Å²) in [4.78, 5) is 11.1. The summed E-state index contributed by atoms with van der Waals surface area (Å²) < 4.78 is 31.6. The summed E-state index contributed by atoms with van der Waals surface area (Å²) in [5.74, 6) is 5.55. The second-order valence-corrected chi connectivity index (χ2v) is 5.20. The molecule has 114 valence electrons. The molecule has 7 nitrogen and oxygen atoms in total. The van der Waals surface area contributed by atoms with Gasteiger partial charge in [0.05, 0.1) is 18.9 Å². The van der Waals surface area contributed by atoms with Gasteiger partial charge in [0.1, 0.15) is 0 Å². The van der Waals surface area contributed by atoms with E-state index in [1.807, 2.05) is 0 Å². The van der Waals surface area contributed by atoms with Crippen molar-refractivity contribution in [1.29, 1.82) is 0 Å². The molecule has 0 aliphatic carbocycles. The quantitative estimate of drug-likeness (QED) is 0.698. The normalized spacial score (nSPS) is 10.2. The van der Waals surface area contributed by atoms with Crippen molar-refractivity contribution in [2.24, 2.45) is 0 Å². The summed E-state index contributed by atoms with van der Waals surface area (Å²) in [6.07, 6.45) is -0.672. The lowest BCUT2D eigenvalue weighted by molar-refractivity contribution is 0.159. The molecule has 21 heavy (non-hydrogen) atoms. The molecule has 0 aromatic heterocycles. The van der Waals surface area contributed by atoms with E-state index < -0.39 is 16.3 Å². The summed E-state index contributed by atoms with van der Waals surface area (Å²) in [6, 6.07) is 6.25. The van der Waals surface area contributed by atoms with Crippen LogP contribution in [0.15, 0.2) is 24.3 Å². The van der Waals surface area contributed by atoms with Crippen LogP contribution >= 0.6 is 0 Å². The molecule has 1 rings (SSSR count). The first-order valence-corrected chi connectivity index (χ1v) is 7.62. The third-order valence-corrected chi connectivity index (χ3v) is 3.04. The number of anilines is 1. The molecule has 0 saturated heterocycles. The highest BCUT2D eigenvalue weighted by atomic mass is 32.2. The number of hydrogen-bond acceptors (Lipinski definition) is 5. The molecular weight excluding hydrogens is 296 g/mol. The lowest BCUT2D eigenvalue weighted by Gasteiger charge is -2.09. The van der Waals surface area contributed by atoms with Crippen LogP contribution < -0.4 is 9.44 Å². The van der Waals surface area contributed by atoms with Crippen LogP contribution in [0.2, 0.25) is 0 Å². The Morgan fingerprint density at radius 3 is 2.57 bits per heavy atom. The van der Waals surface area contributed by atoms with Crippen LogP contribution in [0.3, 0.4) is 0 Å². The average Bonchev–Trinajstić information content (AvgIpc) is 2.40. The Hall–Kier alpha value is -2.24. The smallest absolute Gasteiger partial charge is 0.422 e. The predicted octanol–water partition coefficient (Wildman–Crippen LogP) is 0.823. The lowest BCUT2D eigenvalue weighted by atomic mass is 10.2. The third-order valence-electron chi connectivity index (χ3n) is 2.10. The van der Waals surface area contributed by atoms with Gasteiger partial charge in [0, 0.05) is 12.0 Å². The molecule has 8 heteroatoms. The van der Waals surface area contributed by atoms with E-state index in [-0.39, 0.29) is 18.9 Å². The standard InChI is InChI=1S/C13H16N2O5S/c1-2-20-13(17)15-21(18,19)14-12-8-6-11(7-9-12)5-3-4-10-16/h6-9,14,16H,2,4,10H2,1H3,(H,15,17). The van der Waals surface area contributed by atoms with E-state index in [9.17, 15) is 13.2 Å². The van der Waals surface area contributed by atoms with Crippen molar-refractivity contribution >= 4 is 22.0 Å². The fourth-order valence-corrected chi connectivity index (χ4v) is 2.07. The van der Waals surface area contributed by atoms with E-state index in [1.165, 1.54) is 12.1 Å². The van der Waals surface area contributed by atoms with Crippen LogP contribution in [0.5, 0.6) is 0 Å². The number of amides is 1. The minimum atomic E-state index is -4.03. The Kier molecular flexibility index (Phi) is 6.52. The predicted molar refractivity (Wildman–Crippen MR) is 77.7 cm³/mol. The fraction of sp³-hybridized carbons (Fsp3) is 0.308. The topological polar surface area (TPSA) is 105 Å². The second-order valence-electron chi connectivity index (χ2n) is 3.78. The van der Waals surface area contributed by atoms with E-state index in [0.717, 1.165) is 0 Å². The summed E-state index contributed by atoms with van der Waals surface area (Å²) in [7, 11) is -4.03. The molecule has 0 fully saturated rings. The molecule has 1 amide bonds. The number of aliphatic hydroxyl groups is 1. The van der Waals surface area contributed by atoms with E-state index in [1.54, 1.807) is 23.8 Å². The van der Waals surface area contributed by atoms with Crippen LogP contribution in [0.1, 0.15) is 18.9 Å². The molecule has 0 spiro atoms. The zero-order valence-corrected chi connectivity index (χ0v) is 12.2. The molecule has 0 aliphatic heterocycles.